The first kappa shape index (κ1) is 48.5. The fourth-order valence-corrected chi connectivity index (χ4v) is 10.5. The summed E-state index contributed by atoms with van der Waals surface area (Å²) < 4.78 is 50.8. The molecule has 3 heterocycles. The standard InChI is InChI=1S/C44H61N8O10PS/c45-34-19-17-33(18-20-34)30-41(63(56,61-36-11-3-1-4-12-36)62-37-13-5-2-6-14-37)48-44(55)60-23-9-10-35-31-52(51-50-35)22-25-58-27-29-59-28-26-57-24-21-46-40(53)16-8-7-15-39-42-38(32-64-39)47-43(54)49-42/h1-6,11-14,17-19,31,34,38-39,41-42H,7-10,15-16,20-30,32,45H2,(H,46,53)(H,48,55)(H2,47,49,54)/t34?,38-,39-,41?,42-/m0/s1. The summed E-state index contributed by atoms with van der Waals surface area (Å²) in [7, 11) is -4.11. The number of carbonyl (C=O) groups is 3. The van der Waals surface area contributed by atoms with Gasteiger partial charge in [-0.15, -0.1) is 5.10 Å². The zero-order valence-corrected chi connectivity index (χ0v) is 37.8. The van der Waals surface area contributed by atoms with Gasteiger partial charge in [-0.05, 0) is 61.9 Å². The molecule has 64 heavy (non-hydrogen) atoms. The number of aromatic nitrogens is 3. The van der Waals surface area contributed by atoms with Crippen molar-refractivity contribution in [1.29, 1.82) is 0 Å². The fourth-order valence-electron chi connectivity index (χ4n) is 7.18. The first-order chi connectivity index (χ1) is 31.2. The van der Waals surface area contributed by atoms with Crippen LogP contribution in [0, 0.1) is 0 Å². The van der Waals surface area contributed by atoms with Gasteiger partial charge in [0.05, 0.1) is 70.6 Å². The van der Waals surface area contributed by atoms with Crippen LogP contribution in [-0.2, 0) is 41.3 Å². The van der Waals surface area contributed by atoms with Crippen LogP contribution < -0.4 is 36.0 Å². The molecule has 2 fully saturated rings. The van der Waals surface area contributed by atoms with Crippen molar-refractivity contribution in [2.75, 3.05) is 58.5 Å². The summed E-state index contributed by atoms with van der Waals surface area (Å²) in [5.41, 5.74) is 7.61. The molecule has 6 N–H and O–H groups in total. The molecule has 348 valence electrons. The molecule has 0 bridgehead atoms. The molecule has 3 aromatic rings. The number of unbranched alkanes of at least 4 members (excludes halogenated alkanes) is 1. The predicted molar refractivity (Wildman–Crippen MR) is 242 cm³/mol. The lowest BCUT2D eigenvalue weighted by Gasteiger charge is -2.28. The number of benzene rings is 2. The Morgan fingerprint density at radius 1 is 0.906 bits per heavy atom. The number of hydrogen-bond donors (Lipinski definition) is 5. The van der Waals surface area contributed by atoms with Crippen LogP contribution in [0.15, 0.2) is 90.7 Å². The van der Waals surface area contributed by atoms with E-state index in [1.54, 1.807) is 53.2 Å². The van der Waals surface area contributed by atoms with Gasteiger partial charge in [0.1, 0.15) is 11.5 Å². The number of nitrogens with one attached hydrogen (secondary N) is 4. The Balaban J connectivity index is 0.797. The molecule has 0 radical (unpaired) electrons. The minimum absolute atomic E-state index is 0.0218. The second-order valence-corrected chi connectivity index (χ2v) is 18.9. The number of carbonyl (C=O) groups excluding carboxylic acids is 3. The number of nitrogens with zero attached hydrogens (tertiary/aromatic N) is 3. The average molecular weight is 925 g/mol. The van der Waals surface area contributed by atoms with Crippen molar-refractivity contribution in [2.24, 2.45) is 5.73 Å². The number of hydrogen-bond acceptors (Lipinski definition) is 14. The number of alkyl carbamates (subject to hydrolysis) is 1. The van der Waals surface area contributed by atoms with E-state index in [2.05, 4.69) is 31.6 Å². The third kappa shape index (κ3) is 16.6. The Morgan fingerprint density at radius 2 is 1.61 bits per heavy atom. The van der Waals surface area contributed by atoms with E-state index in [1.165, 1.54) is 0 Å². The first-order valence-corrected chi connectivity index (χ1v) is 24.6. The maximum atomic E-state index is 14.7. The smallest absolute Gasteiger partial charge is 0.450 e. The van der Waals surface area contributed by atoms with Gasteiger partial charge in [-0.25, -0.2) is 18.8 Å². The van der Waals surface area contributed by atoms with E-state index in [-0.39, 0.29) is 43.1 Å². The van der Waals surface area contributed by atoms with E-state index in [0.29, 0.717) is 95.2 Å². The van der Waals surface area contributed by atoms with Gasteiger partial charge in [0.25, 0.3) is 0 Å². The molecule has 5 atom stereocenters. The third-order valence-corrected chi connectivity index (χ3v) is 14.0. The predicted octanol–water partition coefficient (Wildman–Crippen LogP) is 5.11. The maximum absolute atomic E-state index is 14.7. The Kier molecular flexibility index (Phi) is 19.8. The van der Waals surface area contributed by atoms with Crippen LogP contribution in [0.3, 0.4) is 0 Å². The fraction of sp³-hybridized carbons (Fsp3) is 0.523. The van der Waals surface area contributed by atoms with Crippen LogP contribution in [0.1, 0.15) is 50.6 Å². The van der Waals surface area contributed by atoms with E-state index in [0.717, 1.165) is 36.3 Å². The molecule has 6 rings (SSSR count). The van der Waals surface area contributed by atoms with E-state index in [1.807, 2.05) is 48.3 Å². The average Bonchev–Trinajstić information content (AvgIpc) is 4.01. The highest BCUT2D eigenvalue weighted by atomic mass is 32.2. The Bertz CT molecular complexity index is 1970. The van der Waals surface area contributed by atoms with E-state index < -0.39 is 19.5 Å². The molecule has 0 spiro atoms. The largest absolute Gasteiger partial charge is 0.453 e. The number of nitrogens with two attached hydrogens (primary N) is 1. The van der Waals surface area contributed by atoms with Gasteiger partial charge in [-0.2, -0.15) is 11.8 Å². The van der Waals surface area contributed by atoms with Crippen molar-refractivity contribution < 1.29 is 46.9 Å². The molecular formula is C44H61N8O10PS. The highest BCUT2D eigenvalue weighted by Gasteiger charge is 2.43. The van der Waals surface area contributed by atoms with Crippen LogP contribution in [0.25, 0.3) is 0 Å². The van der Waals surface area contributed by atoms with Crippen LogP contribution >= 0.6 is 19.4 Å². The maximum Gasteiger partial charge on any atom is 0.453 e. The number of thioether (sulfide) groups is 1. The Hall–Kier alpha value is -4.91. The summed E-state index contributed by atoms with van der Waals surface area (Å²) in [6, 6.07) is 17.6. The van der Waals surface area contributed by atoms with E-state index in [9.17, 15) is 18.9 Å². The molecule has 18 nitrogen and oxygen atoms in total. The topological polar surface area (TPSA) is 229 Å². The van der Waals surface area contributed by atoms with E-state index >= 15 is 0 Å². The zero-order chi connectivity index (χ0) is 44.8. The molecule has 2 aromatic carbocycles. The molecule has 20 heteroatoms. The summed E-state index contributed by atoms with van der Waals surface area (Å²) >= 11 is 1.89. The van der Waals surface area contributed by atoms with Gasteiger partial charge in [-0.1, -0.05) is 66.3 Å². The van der Waals surface area contributed by atoms with Gasteiger partial charge < -0.3 is 55.0 Å². The van der Waals surface area contributed by atoms with Crippen LogP contribution in [-0.4, -0.2) is 121 Å². The Labute approximate surface area is 378 Å². The lowest BCUT2D eigenvalue weighted by Crippen LogP contribution is -2.38. The first-order valence-electron chi connectivity index (χ1n) is 21.9. The van der Waals surface area contributed by atoms with Crippen LogP contribution in [0.5, 0.6) is 11.5 Å². The lowest BCUT2D eigenvalue weighted by atomic mass is 10.0. The number of para-hydroxylation sites is 2. The molecule has 4 amide bonds. The number of amides is 4. The SMILES string of the molecule is NC1C=CC(CC(NC(=O)OCCCc2cn(CCOCCOCCOCCNC(=O)CCCC[C@@H]3SC[C@@H]4NC(=O)N[C@@H]43)nn2)P(=O)(Oc2ccccc2)Oc2ccccc2)=CC1. The van der Waals surface area contributed by atoms with Crippen molar-refractivity contribution in [2.45, 2.75) is 87.1 Å². The van der Waals surface area contributed by atoms with Gasteiger partial charge in [0, 0.05) is 42.6 Å². The van der Waals surface area contributed by atoms with Gasteiger partial charge in [-0.3, -0.25) is 4.79 Å². The third-order valence-electron chi connectivity index (χ3n) is 10.5. The van der Waals surface area contributed by atoms with Gasteiger partial charge in [0.2, 0.25) is 5.91 Å². The van der Waals surface area contributed by atoms with Crippen LogP contribution in [0.2, 0.25) is 0 Å². The van der Waals surface area contributed by atoms with Crippen molar-refractivity contribution in [3.63, 3.8) is 0 Å². The summed E-state index contributed by atoms with van der Waals surface area (Å²) in [6.45, 7) is 3.56. The molecule has 1 aliphatic carbocycles. The highest BCUT2D eigenvalue weighted by Crippen LogP contribution is 2.54. The zero-order valence-electron chi connectivity index (χ0n) is 36.1. The molecule has 2 saturated heterocycles. The molecular weight excluding hydrogens is 864 g/mol. The second kappa shape index (κ2) is 26.1. The monoisotopic (exact) mass is 924 g/mol. The normalized spacial score (nSPS) is 19.5. The number of aryl methyl sites for hydroxylation is 1. The molecule has 2 aliphatic heterocycles. The summed E-state index contributed by atoms with van der Waals surface area (Å²) in [5, 5.41) is 20.4. The Morgan fingerprint density at radius 3 is 2.31 bits per heavy atom. The number of ether oxygens (including phenoxy) is 4. The van der Waals surface area contributed by atoms with Crippen LogP contribution in [0.4, 0.5) is 9.59 Å². The molecule has 0 saturated carbocycles. The number of urea groups is 1. The second-order valence-electron chi connectivity index (χ2n) is 15.5. The van der Waals surface area contributed by atoms with Crippen molar-refractivity contribution in [3.8, 4) is 11.5 Å². The van der Waals surface area contributed by atoms with Gasteiger partial charge in [0.15, 0.2) is 5.78 Å². The van der Waals surface area contributed by atoms with Gasteiger partial charge >= 0.3 is 19.7 Å². The summed E-state index contributed by atoms with van der Waals surface area (Å²) in [4.78, 5) is 36.9. The quantitative estimate of drug-likeness (QED) is 0.0347. The van der Waals surface area contributed by atoms with E-state index in [4.69, 9.17) is 33.7 Å². The summed E-state index contributed by atoms with van der Waals surface area (Å²) in [5.74, 6) is 0.534. The van der Waals surface area contributed by atoms with Crippen molar-refractivity contribution >= 4 is 37.4 Å². The molecule has 2 unspecified atom stereocenters. The lowest BCUT2D eigenvalue weighted by molar-refractivity contribution is -0.121. The number of rotatable bonds is 29. The van der Waals surface area contributed by atoms with Crippen molar-refractivity contribution in [1.82, 2.24) is 36.3 Å². The van der Waals surface area contributed by atoms with Crippen molar-refractivity contribution in [3.05, 3.63) is 96.4 Å². The molecule has 1 aromatic heterocycles. The minimum Gasteiger partial charge on any atom is -0.450 e. The number of allylic oxidation sites excluding steroid dienone is 1. The summed E-state index contributed by atoms with van der Waals surface area (Å²) in [6.07, 6.45) is 11.8. The highest BCUT2D eigenvalue weighted by molar-refractivity contribution is 8.00. The number of fused-ring (bicyclic) bond motifs is 1. The minimum atomic E-state index is -4.11. The molecule has 3 aliphatic rings.